The SMILES string of the molecule is Cc1ccc([C@H](C)N(C)C[C@@H](O)CN2CCCC2=O)s1. The number of carbonyl (C=O) groups excluding carboxylic acids is 1. The van der Waals surface area contributed by atoms with E-state index in [2.05, 4.69) is 30.9 Å². The van der Waals surface area contributed by atoms with E-state index in [0.717, 1.165) is 13.0 Å². The quantitative estimate of drug-likeness (QED) is 0.873. The van der Waals surface area contributed by atoms with Crippen molar-refractivity contribution in [3.8, 4) is 0 Å². The lowest BCUT2D eigenvalue weighted by Gasteiger charge is -2.28. The van der Waals surface area contributed by atoms with Crippen LogP contribution in [0.3, 0.4) is 0 Å². The number of carbonyl (C=O) groups is 1. The highest BCUT2D eigenvalue weighted by Gasteiger charge is 2.24. The summed E-state index contributed by atoms with van der Waals surface area (Å²) in [7, 11) is 2.02. The number of aliphatic hydroxyl groups is 1. The molecule has 5 heteroatoms. The first kappa shape index (κ1) is 15.5. The molecule has 0 aromatic carbocycles. The Labute approximate surface area is 125 Å². The molecule has 1 N–H and O–H groups in total. The number of rotatable bonds is 6. The first-order chi connectivity index (χ1) is 9.47. The summed E-state index contributed by atoms with van der Waals surface area (Å²) < 4.78 is 0. The van der Waals surface area contributed by atoms with Crippen LogP contribution in [0.4, 0.5) is 0 Å². The molecule has 1 aromatic rings. The number of hydrogen-bond donors (Lipinski definition) is 1. The highest BCUT2D eigenvalue weighted by molar-refractivity contribution is 7.12. The first-order valence-electron chi connectivity index (χ1n) is 7.20. The third-order valence-corrected chi connectivity index (χ3v) is 5.11. The highest BCUT2D eigenvalue weighted by atomic mass is 32.1. The molecule has 2 atom stereocenters. The Morgan fingerprint density at radius 3 is 2.80 bits per heavy atom. The number of thiophene rings is 1. The molecule has 1 amide bonds. The van der Waals surface area contributed by atoms with Crippen LogP contribution in [0.1, 0.15) is 35.6 Å². The highest BCUT2D eigenvalue weighted by Crippen LogP contribution is 2.26. The van der Waals surface area contributed by atoms with Crippen LogP contribution in [0.25, 0.3) is 0 Å². The topological polar surface area (TPSA) is 43.8 Å². The predicted octanol–water partition coefficient (Wildman–Crippen LogP) is 2.03. The van der Waals surface area contributed by atoms with Crippen molar-refractivity contribution in [2.24, 2.45) is 0 Å². The van der Waals surface area contributed by atoms with Crippen LogP contribution >= 0.6 is 11.3 Å². The van der Waals surface area contributed by atoms with Crippen LogP contribution in [0.15, 0.2) is 12.1 Å². The monoisotopic (exact) mass is 296 g/mol. The summed E-state index contributed by atoms with van der Waals surface area (Å²) >= 11 is 1.80. The molecule has 1 aliphatic rings. The molecule has 0 unspecified atom stereocenters. The van der Waals surface area contributed by atoms with Gasteiger partial charge in [0, 0.05) is 41.9 Å². The number of aliphatic hydroxyl groups excluding tert-OH is 1. The molecular formula is C15H24N2O2S. The van der Waals surface area contributed by atoms with Crippen molar-refractivity contribution in [3.05, 3.63) is 21.9 Å². The predicted molar refractivity (Wildman–Crippen MR) is 81.9 cm³/mol. The Bertz CT molecular complexity index is 460. The molecule has 1 saturated heterocycles. The van der Waals surface area contributed by atoms with Crippen molar-refractivity contribution in [2.45, 2.75) is 38.8 Å². The Morgan fingerprint density at radius 2 is 2.25 bits per heavy atom. The van der Waals surface area contributed by atoms with E-state index in [-0.39, 0.29) is 11.9 Å². The number of β-amino-alcohol motifs (C(OH)–C–C–N with tert-alkyl or cyclic N) is 1. The third-order valence-electron chi connectivity index (χ3n) is 3.94. The molecular weight excluding hydrogens is 272 g/mol. The van der Waals surface area contributed by atoms with E-state index in [4.69, 9.17) is 0 Å². The maximum atomic E-state index is 11.6. The average molecular weight is 296 g/mol. The zero-order valence-electron chi connectivity index (χ0n) is 12.5. The second-order valence-corrected chi connectivity index (χ2v) is 6.98. The van der Waals surface area contributed by atoms with E-state index in [1.54, 1.807) is 16.2 Å². The molecule has 2 heterocycles. The number of nitrogens with zero attached hydrogens (tertiary/aromatic N) is 2. The van der Waals surface area contributed by atoms with Gasteiger partial charge in [-0.15, -0.1) is 11.3 Å². The van der Waals surface area contributed by atoms with Gasteiger partial charge in [-0.05, 0) is 39.4 Å². The Hall–Kier alpha value is -0.910. The number of hydrogen-bond acceptors (Lipinski definition) is 4. The second-order valence-electron chi connectivity index (χ2n) is 5.66. The first-order valence-corrected chi connectivity index (χ1v) is 8.01. The van der Waals surface area contributed by atoms with Gasteiger partial charge in [0.1, 0.15) is 0 Å². The van der Waals surface area contributed by atoms with Crippen molar-refractivity contribution in [1.29, 1.82) is 0 Å². The number of aryl methyl sites for hydroxylation is 1. The average Bonchev–Trinajstić information content (AvgIpc) is 2.98. The third kappa shape index (κ3) is 3.81. The molecule has 1 aromatic heterocycles. The van der Waals surface area contributed by atoms with Gasteiger partial charge in [-0.3, -0.25) is 9.69 Å². The van der Waals surface area contributed by atoms with Crippen molar-refractivity contribution in [3.63, 3.8) is 0 Å². The standard InChI is InChI=1S/C15H24N2O2S/c1-11-6-7-14(20-11)12(2)16(3)9-13(18)10-17-8-4-5-15(17)19/h6-7,12-13,18H,4-5,8-10H2,1-3H3/t12-,13+/m0/s1. The minimum Gasteiger partial charge on any atom is -0.390 e. The summed E-state index contributed by atoms with van der Waals surface area (Å²) in [5.74, 6) is 0.175. The molecule has 0 bridgehead atoms. The summed E-state index contributed by atoms with van der Waals surface area (Å²) in [6.45, 7) is 6.09. The van der Waals surface area contributed by atoms with Gasteiger partial charge in [0.25, 0.3) is 0 Å². The van der Waals surface area contributed by atoms with Gasteiger partial charge in [-0.2, -0.15) is 0 Å². The smallest absolute Gasteiger partial charge is 0.222 e. The molecule has 112 valence electrons. The lowest BCUT2D eigenvalue weighted by atomic mass is 10.2. The fourth-order valence-electron chi connectivity index (χ4n) is 2.59. The molecule has 0 spiro atoms. The van der Waals surface area contributed by atoms with Gasteiger partial charge in [-0.25, -0.2) is 0 Å². The fourth-order valence-corrected chi connectivity index (χ4v) is 3.59. The molecule has 1 fully saturated rings. The van der Waals surface area contributed by atoms with Crippen molar-refractivity contribution in [1.82, 2.24) is 9.80 Å². The van der Waals surface area contributed by atoms with Crippen LogP contribution in [-0.4, -0.2) is 53.6 Å². The lowest BCUT2D eigenvalue weighted by molar-refractivity contribution is -0.129. The molecule has 4 nitrogen and oxygen atoms in total. The van der Waals surface area contributed by atoms with E-state index in [1.807, 2.05) is 7.05 Å². The Morgan fingerprint density at radius 1 is 1.50 bits per heavy atom. The van der Waals surface area contributed by atoms with E-state index >= 15 is 0 Å². The van der Waals surface area contributed by atoms with Crippen LogP contribution in [0, 0.1) is 6.92 Å². The minimum absolute atomic E-state index is 0.175. The minimum atomic E-state index is -0.481. The molecule has 0 radical (unpaired) electrons. The normalized spacial score (nSPS) is 18.9. The maximum absolute atomic E-state index is 11.6. The summed E-state index contributed by atoms with van der Waals surface area (Å²) in [5.41, 5.74) is 0. The van der Waals surface area contributed by atoms with Gasteiger partial charge < -0.3 is 10.0 Å². The summed E-state index contributed by atoms with van der Waals surface area (Å²) in [6, 6.07) is 4.57. The fraction of sp³-hybridized carbons (Fsp3) is 0.667. The van der Waals surface area contributed by atoms with Crippen molar-refractivity contribution in [2.75, 3.05) is 26.7 Å². The molecule has 20 heavy (non-hydrogen) atoms. The number of amides is 1. The van der Waals surface area contributed by atoms with Crippen LogP contribution in [-0.2, 0) is 4.79 Å². The molecule has 1 aliphatic heterocycles. The van der Waals surface area contributed by atoms with Gasteiger partial charge >= 0.3 is 0 Å². The molecule has 2 rings (SSSR count). The molecule has 0 aliphatic carbocycles. The van der Waals surface area contributed by atoms with E-state index in [0.29, 0.717) is 19.5 Å². The largest absolute Gasteiger partial charge is 0.390 e. The summed E-state index contributed by atoms with van der Waals surface area (Å²) in [6.07, 6.45) is 1.07. The van der Waals surface area contributed by atoms with Gasteiger partial charge in [-0.1, -0.05) is 0 Å². The number of likely N-dealkylation sites (N-methyl/N-ethyl adjacent to an activating group) is 1. The zero-order valence-corrected chi connectivity index (χ0v) is 13.3. The zero-order chi connectivity index (χ0) is 14.7. The van der Waals surface area contributed by atoms with Crippen LogP contribution < -0.4 is 0 Å². The van der Waals surface area contributed by atoms with Crippen LogP contribution in [0.5, 0.6) is 0 Å². The second kappa shape index (κ2) is 6.70. The van der Waals surface area contributed by atoms with E-state index in [1.165, 1.54) is 9.75 Å². The summed E-state index contributed by atoms with van der Waals surface area (Å²) in [5, 5.41) is 10.2. The molecule has 0 saturated carbocycles. The lowest BCUT2D eigenvalue weighted by Crippen LogP contribution is -2.40. The van der Waals surface area contributed by atoms with Crippen molar-refractivity contribution >= 4 is 17.2 Å². The van der Waals surface area contributed by atoms with Gasteiger partial charge in [0.15, 0.2) is 0 Å². The van der Waals surface area contributed by atoms with Gasteiger partial charge in [0.05, 0.1) is 6.10 Å². The Balaban J connectivity index is 1.83. The van der Waals surface area contributed by atoms with Gasteiger partial charge in [0.2, 0.25) is 5.91 Å². The number of likely N-dealkylation sites (tertiary alicyclic amines) is 1. The van der Waals surface area contributed by atoms with E-state index in [9.17, 15) is 9.90 Å². The van der Waals surface area contributed by atoms with Crippen molar-refractivity contribution < 1.29 is 9.90 Å². The van der Waals surface area contributed by atoms with Crippen LogP contribution in [0.2, 0.25) is 0 Å². The Kier molecular flexibility index (Phi) is 5.18. The summed E-state index contributed by atoms with van der Waals surface area (Å²) in [4.78, 5) is 18.1. The maximum Gasteiger partial charge on any atom is 0.222 e. The van der Waals surface area contributed by atoms with E-state index < -0.39 is 6.10 Å².